The minimum absolute atomic E-state index is 0.724. The second-order valence-electron chi connectivity index (χ2n) is 5.82. The average molecular weight is 353 g/mol. The van der Waals surface area contributed by atoms with Crippen molar-refractivity contribution >= 4 is 40.0 Å². The van der Waals surface area contributed by atoms with E-state index in [9.17, 15) is 0 Å². The summed E-state index contributed by atoms with van der Waals surface area (Å²) in [7, 11) is 0. The second kappa shape index (κ2) is 6.29. The smallest absolute Gasteiger partial charge is 0.178 e. The van der Waals surface area contributed by atoms with Gasteiger partial charge in [-0.25, -0.2) is 19.6 Å². The normalized spacial score (nSPS) is 11.4. The van der Waals surface area contributed by atoms with E-state index < -0.39 is 0 Å². The van der Waals surface area contributed by atoms with Gasteiger partial charge in [0.1, 0.15) is 12.7 Å². The standard InChI is InChI=1S/C17H19N7S/c1-3-6-24(22-7-5-18-11-22)16-12-8-14-15(9-13(12)19-10-20-16)23(4-2)17(25)21-14/h5,7-11H,3-4,6H2,1-2H3,(H,21,25). The molecule has 0 aliphatic rings. The molecule has 0 fully saturated rings. The van der Waals surface area contributed by atoms with E-state index >= 15 is 0 Å². The van der Waals surface area contributed by atoms with Gasteiger partial charge in [0, 0.05) is 30.9 Å². The Balaban J connectivity index is 1.98. The van der Waals surface area contributed by atoms with Crippen molar-refractivity contribution in [3.05, 3.63) is 42.0 Å². The molecule has 0 saturated carbocycles. The molecule has 0 radical (unpaired) electrons. The molecule has 0 unspecified atom stereocenters. The molecule has 3 heterocycles. The molecule has 0 aliphatic carbocycles. The lowest BCUT2D eigenvalue weighted by Gasteiger charge is -2.24. The number of aromatic nitrogens is 6. The lowest BCUT2D eigenvalue weighted by Crippen LogP contribution is -2.30. The number of anilines is 1. The molecule has 1 aromatic carbocycles. The van der Waals surface area contributed by atoms with E-state index in [-0.39, 0.29) is 0 Å². The minimum Gasteiger partial charge on any atom is -0.331 e. The van der Waals surface area contributed by atoms with Gasteiger partial charge in [-0.3, -0.25) is 5.01 Å². The number of aryl methyl sites for hydroxylation is 1. The van der Waals surface area contributed by atoms with Gasteiger partial charge in [-0.2, -0.15) is 0 Å². The van der Waals surface area contributed by atoms with Gasteiger partial charge in [0.25, 0.3) is 0 Å². The molecule has 4 aromatic rings. The topological polar surface area (TPSA) is 67.6 Å². The summed E-state index contributed by atoms with van der Waals surface area (Å²) in [5.74, 6) is 0.857. The van der Waals surface area contributed by atoms with Gasteiger partial charge in [0.15, 0.2) is 10.6 Å². The molecule has 0 spiro atoms. The summed E-state index contributed by atoms with van der Waals surface area (Å²) in [5.41, 5.74) is 2.96. The molecule has 3 aromatic heterocycles. The van der Waals surface area contributed by atoms with Gasteiger partial charge in [0.2, 0.25) is 0 Å². The molecule has 4 rings (SSSR count). The highest BCUT2D eigenvalue weighted by atomic mass is 32.1. The predicted molar refractivity (Wildman–Crippen MR) is 101 cm³/mol. The van der Waals surface area contributed by atoms with Gasteiger partial charge in [-0.1, -0.05) is 6.92 Å². The summed E-state index contributed by atoms with van der Waals surface area (Å²) in [4.78, 5) is 16.5. The first-order valence-corrected chi connectivity index (χ1v) is 8.76. The van der Waals surface area contributed by atoms with Crippen LogP contribution in [0.3, 0.4) is 0 Å². The van der Waals surface area contributed by atoms with E-state index in [1.807, 2.05) is 10.9 Å². The van der Waals surface area contributed by atoms with Crippen LogP contribution in [0.2, 0.25) is 0 Å². The fourth-order valence-electron chi connectivity index (χ4n) is 3.15. The van der Waals surface area contributed by atoms with Gasteiger partial charge in [0.05, 0.1) is 16.6 Å². The Hall–Kier alpha value is -2.74. The molecule has 7 nitrogen and oxygen atoms in total. The molecule has 0 bridgehead atoms. The van der Waals surface area contributed by atoms with E-state index in [2.05, 4.69) is 55.5 Å². The van der Waals surface area contributed by atoms with Crippen molar-refractivity contribution in [1.82, 2.24) is 29.2 Å². The Morgan fingerprint density at radius 3 is 2.84 bits per heavy atom. The van der Waals surface area contributed by atoms with E-state index in [1.54, 1.807) is 18.9 Å². The number of rotatable bonds is 5. The van der Waals surface area contributed by atoms with Crippen LogP contribution in [0, 0.1) is 4.77 Å². The molecule has 25 heavy (non-hydrogen) atoms. The fraction of sp³-hybridized carbons (Fsp3) is 0.294. The van der Waals surface area contributed by atoms with Crippen molar-refractivity contribution in [2.24, 2.45) is 0 Å². The van der Waals surface area contributed by atoms with Crippen LogP contribution in [0.1, 0.15) is 20.3 Å². The van der Waals surface area contributed by atoms with Crippen molar-refractivity contribution in [3.63, 3.8) is 0 Å². The number of hydrogen-bond donors (Lipinski definition) is 1. The van der Waals surface area contributed by atoms with Crippen molar-refractivity contribution < 1.29 is 0 Å². The molecular formula is C17H19N7S. The zero-order chi connectivity index (χ0) is 17.4. The highest BCUT2D eigenvalue weighted by Gasteiger charge is 2.15. The average Bonchev–Trinajstić information content (AvgIpc) is 3.24. The Labute approximate surface area is 149 Å². The summed E-state index contributed by atoms with van der Waals surface area (Å²) in [5, 5.41) is 3.09. The first kappa shape index (κ1) is 15.8. The SMILES string of the molecule is CCCN(c1ncnc2cc3c(cc12)[nH]c(=S)n3CC)n1ccnc1. The summed E-state index contributed by atoms with van der Waals surface area (Å²) < 4.78 is 4.75. The molecule has 128 valence electrons. The molecule has 8 heteroatoms. The number of aromatic amines is 1. The van der Waals surface area contributed by atoms with Crippen molar-refractivity contribution in [1.29, 1.82) is 0 Å². The van der Waals surface area contributed by atoms with Crippen molar-refractivity contribution in [2.45, 2.75) is 26.8 Å². The first-order valence-electron chi connectivity index (χ1n) is 8.36. The molecule has 1 N–H and O–H groups in total. The third kappa shape index (κ3) is 2.58. The van der Waals surface area contributed by atoms with Gasteiger partial charge >= 0.3 is 0 Å². The zero-order valence-electron chi connectivity index (χ0n) is 14.2. The minimum atomic E-state index is 0.724. The van der Waals surface area contributed by atoms with E-state index in [1.165, 1.54) is 0 Å². The van der Waals surface area contributed by atoms with Gasteiger partial charge in [-0.15, -0.1) is 0 Å². The van der Waals surface area contributed by atoms with Crippen LogP contribution < -0.4 is 5.01 Å². The predicted octanol–water partition coefficient (Wildman–Crippen LogP) is 3.54. The molecule has 0 atom stereocenters. The number of nitrogens with zero attached hydrogens (tertiary/aromatic N) is 6. The maximum Gasteiger partial charge on any atom is 0.178 e. The molecule has 0 amide bonds. The zero-order valence-corrected chi connectivity index (χ0v) is 15.0. The maximum absolute atomic E-state index is 5.43. The monoisotopic (exact) mass is 353 g/mol. The number of fused-ring (bicyclic) bond motifs is 2. The highest BCUT2D eigenvalue weighted by Crippen LogP contribution is 2.28. The summed E-state index contributed by atoms with van der Waals surface area (Å²) in [6.07, 6.45) is 8.07. The molecule has 0 saturated heterocycles. The quantitative estimate of drug-likeness (QED) is 0.556. The van der Waals surface area contributed by atoms with Crippen LogP contribution in [-0.2, 0) is 6.54 Å². The van der Waals surface area contributed by atoms with E-state index in [4.69, 9.17) is 12.2 Å². The molecular weight excluding hydrogens is 334 g/mol. The Morgan fingerprint density at radius 2 is 2.12 bits per heavy atom. The lowest BCUT2D eigenvalue weighted by molar-refractivity contribution is 0.667. The van der Waals surface area contributed by atoms with E-state index in [0.29, 0.717) is 0 Å². The first-order chi connectivity index (χ1) is 12.2. The highest BCUT2D eigenvalue weighted by molar-refractivity contribution is 7.71. The number of imidazole rings is 2. The van der Waals surface area contributed by atoms with Crippen LogP contribution in [0.25, 0.3) is 21.9 Å². The largest absolute Gasteiger partial charge is 0.331 e. The number of nitrogens with one attached hydrogen (secondary N) is 1. The maximum atomic E-state index is 5.43. The van der Waals surface area contributed by atoms with Crippen LogP contribution >= 0.6 is 12.2 Å². The van der Waals surface area contributed by atoms with Crippen molar-refractivity contribution in [3.8, 4) is 0 Å². The summed E-state index contributed by atoms with van der Waals surface area (Å²) in [6.45, 7) is 5.87. The van der Waals surface area contributed by atoms with Gasteiger partial charge in [-0.05, 0) is 37.7 Å². The number of hydrogen-bond acceptors (Lipinski definition) is 5. The lowest BCUT2D eigenvalue weighted by atomic mass is 10.2. The molecule has 0 aliphatic heterocycles. The Kier molecular flexibility index (Phi) is 3.96. The Morgan fingerprint density at radius 1 is 1.24 bits per heavy atom. The summed E-state index contributed by atoms with van der Waals surface area (Å²) in [6, 6.07) is 4.16. The Bertz CT molecular complexity index is 1080. The van der Waals surface area contributed by atoms with Crippen LogP contribution in [0.4, 0.5) is 5.82 Å². The second-order valence-corrected chi connectivity index (χ2v) is 6.21. The number of H-pyrrole nitrogens is 1. The van der Waals surface area contributed by atoms with Crippen LogP contribution in [0.5, 0.6) is 0 Å². The third-order valence-corrected chi connectivity index (χ3v) is 4.60. The number of benzene rings is 1. The van der Waals surface area contributed by atoms with E-state index in [0.717, 1.165) is 52.0 Å². The third-order valence-electron chi connectivity index (χ3n) is 4.27. The fourth-order valence-corrected chi connectivity index (χ4v) is 3.49. The summed E-state index contributed by atoms with van der Waals surface area (Å²) >= 11 is 5.43. The van der Waals surface area contributed by atoms with Crippen LogP contribution in [-0.4, -0.2) is 35.7 Å². The van der Waals surface area contributed by atoms with Crippen LogP contribution in [0.15, 0.2) is 37.2 Å². The van der Waals surface area contributed by atoms with Gasteiger partial charge < -0.3 is 9.55 Å². The van der Waals surface area contributed by atoms with Crippen molar-refractivity contribution in [2.75, 3.05) is 11.6 Å².